The average molecular weight is 266 g/mol. The maximum atomic E-state index is 12.7. The number of benzene rings is 1. The molecule has 0 amide bonds. The summed E-state index contributed by atoms with van der Waals surface area (Å²) in [5, 5.41) is 0. The third-order valence-corrected chi connectivity index (χ3v) is 2.94. The molecule has 0 aliphatic carbocycles. The van der Waals surface area contributed by atoms with Gasteiger partial charge < -0.3 is 4.90 Å². The first kappa shape index (κ1) is 14.0. The van der Waals surface area contributed by atoms with Crippen LogP contribution in [-0.4, -0.2) is 29.8 Å². The van der Waals surface area contributed by atoms with Crippen LogP contribution in [0.3, 0.4) is 0 Å². The van der Waals surface area contributed by atoms with Crippen molar-refractivity contribution in [1.82, 2.24) is 9.88 Å². The van der Waals surface area contributed by atoms with Crippen molar-refractivity contribution in [2.24, 2.45) is 0 Å². The van der Waals surface area contributed by atoms with E-state index < -0.39 is 0 Å². The summed E-state index contributed by atoms with van der Waals surface area (Å²) >= 11 is 0. The van der Waals surface area contributed by atoms with Gasteiger partial charge in [0.15, 0.2) is 5.78 Å². The van der Waals surface area contributed by atoms with Gasteiger partial charge in [-0.15, -0.1) is 0 Å². The van der Waals surface area contributed by atoms with Crippen molar-refractivity contribution in [3.8, 4) is 0 Å². The van der Waals surface area contributed by atoms with E-state index in [1.807, 2.05) is 68.5 Å². The maximum absolute atomic E-state index is 12.7. The summed E-state index contributed by atoms with van der Waals surface area (Å²) in [4.78, 5) is 18.6. The van der Waals surface area contributed by atoms with E-state index in [9.17, 15) is 4.79 Å². The normalized spacial score (nSPS) is 11.2. The molecule has 0 spiro atoms. The van der Waals surface area contributed by atoms with Crippen molar-refractivity contribution >= 4 is 11.4 Å². The Bertz CT molecular complexity index is 613. The Hall–Kier alpha value is -2.42. The molecule has 0 saturated heterocycles. The SMILES string of the molecule is Cc1ccc(C(=O)/C(=C/N(C)C)c2ccncc2)cc1. The van der Waals surface area contributed by atoms with Crippen molar-refractivity contribution in [2.45, 2.75) is 6.92 Å². The fourth-order valence-electron chi connectivity index (χ4n) is 1.91. The molecule has 0 radical (unpaired) electrons. The summed E-state index contributed by atoms with van der Waals surface area (Å²) in [6.45, 7) is 2.01. The van der Waals surface area contributed by atoms with E-state index in [1.165, 1.54) is 0 Å². The third kappa shape index (κ3) is 3.32. The number of hydrogen-bond donors (Lipinski definition) is 0. The topological polar surface area (TPSA) is 33.2 Å². The van der Waals surface area contributed by atoms with E-state index in [1.54, 1.807) is 12.4 Å². The number of hydrogen-bond acceptors (Lipinski definition) is 3. The molecular weight excluding hydrogens is 248 g/mol. The number of ketones is 1. The number of pyridine rings is 1. The second kappa shape index (κ2) is 6.15. The molecule has 0 saturated carbocycles. The second-order valence-corrected chi connectivity index (χ2v) is 4.94. The fourth-order valence-corrected chi connectivity index (χ4v) is 1.91. The molecule has 0 atom stereocenters. The number of carbonyl (C=O) groups is 1. The molecule has 2 rings (SSSR count). The quantitative estimate of drug-likeness (QED) is 0.629. The lowest BCUT2D eigenvalue weighted by Crippen LogP contribution is -2.09. The number of rotatable bonds is 4. The lowest BCUT2D eigenvalue weighted by Gasteiger charge is -2.12. The van der Waals surface area contributed by atoms with Crippen LogP contribution in [0.4, 0.5) is 0 Å². The molecule has 3 nitrogen and oxygen atoms in total. The summed E-state index contributed by atoms with van der Waals surface area (Å²) in [6, 6.07) is 11.3. The molecule has 20 heavy (non-hydrogen) atoms. The van der Waals surface area contributed by atoms with Crippen molar-refractivity contribution < 1.29 is 4.79 Å². The summed E-state index contributed by atoms with van der Waals surface area (Å²) in [7, 11) is 3.81. The molecule has 0 fully saturated rings. The number of allylic oxidation sites excluding steroid dienone is 1. The molecule has 1 heterocycles. The molecule has 1 aromatic carbocycles. The van der Waals surface area contributed by atoms with Crippen molar-refractivity contribution in [2.75, 3.05) is 14.1 Å². The summed E-state index contributed by atoms with van der Waals surface area (Å²) in [5.41, 5.74) is 3.38. The van der Waals surface area contributed by atoms with Gasteiger partial charge in [0.25, 0.3) is 0 Å². The highest BCUT2D eigenvalue weighted by atomic mass is 16.1. The van der Waals surface area contributed by atoms with E-state index in [4.69, 9.17) is 0 Å². The van der Waals surface area contributed by atoms with Crippen LogP contribution in [-0.2, 0) is 0 Å². The Labute approximate surface area is 119 Å². The third-order valence-electron chi connectivity index (χ3n) is 2.94. The van der Waals surface area contributed by atoms with Gasteiger partial charge in [0.05, 0.1) is 0 Å². The van der Waals surface area contributed by atoms with Crippen molar-refractivity contribution in [1.29, 1.82) is 0 Å². The van der Waals surface area contributed by atoms with E-state index in [2.05, 4.69) is 4.98 Å². The maximum Gasteiger partial charge on any atom is 0.195 e. The fraction of sp³-hybridized carbons (Fsp3) is 0.176. The van der Waals surface area contributed by atoms with Gasteiger partial charge in [-0.2, -0.15) is 0 Å². The van der Waals surface area contributed by atoms with Gasteiger partial charge in [-0.3, -0.25) is 9.78 Å². The van der Waals surface area contributed by atoms with Crippen molar-refractivity contribution in [3.05, 3.63) is 71.7 Å². The standard InChI is InChI=1S/C17H18N2O/c1-13-4-6-15(7-5-13)17(20)16(12-19(2)3)14-8-10-18-11-9-14/h4-12H,1-3H3/b16-12+. The molecule has 0 bridgehead atoms. The Balaban J connectivity index is 2.42. The van der Waals surface area contributed by atoms with Gasteiger partial charge in [-0.25, -0.2) is 0 Å². The molecule has 2 aromatic rings. The molecule has 102 valence electrons. The van der Waals surface area contributed by atoms with E-state index in [-0.39, 0.29) is 5.78 Å². The van der Waals surface area contributed by atoms with E-state index in [0.717, 1.165) is 11.1 Å². The predicted molar refractivity (Wildman–Crippen MR) is 81.4 cm³/mol. The van der Waals surface area contributed by atoms with Gasteiger partial charge in [0.1, 0.15) is 0 Å². The number of nitrogens with zero attached hydrogens (tertiary/aromatic N) is 2. The summed E-state index contributed by atoms with van der Waals surface area (Å²) in [6.07, 6.45) is 5.24. The van der Waals surface area contributed by atoms with Crippen molar-refractivity contribution in [3.63, 3.8) is 0 Å². The monoisotopic (exact) mass is 266 g/mol. The molecule has 0 aliphatic rings. The van der Waals surface area contributed by atoms with Crippen LogP contribution in [0.1, 0.15) is 21.5 Å². The predicted octanol–water partition coefficient (Wildman–Crippen LogP) is 3.18. The minimum atomic E-state index is 0.0184. The molecule has 0 aliphatic heterocycles. The Morgan fingerprint density at radius 2 is 1.60 bits per heavy atom. The number of aromatic nitrogens is 1. The lowest BCUT2D eigenvalue weighted by molar-refractivity contribution is 0.105. The highest BCUT2D eigenvalue weighted by molar-refractivity contribution is 6.28. The first-order chi connectivity index (χ1) is 9.58. The molecular formula is C17H18N2O. The lowest BCUT2D eigenvalue weighted by atomic mass is 9.97. The smallest absolute Gasteiger partial charge is 0.195 e. The summed E-state index contributed by atoms with van der Waals surface area (Å²) < 4.78 is 0. The first-order valence-corrected chi connectivity index (χ1v) is 6.48. The molecule has 1 aromatic heterocycles. The number of aryl methyl sites for hydroxylation is 1. The van der Waals surface area contributed by atoms with Gasteiger partial charge >= 0.3 is 0 Å². The van der Waals surface area contributed by atoms with Crippen LogP contribution in [0.5, 0.6) is 0 Å². The average Bonchev–Trinajstić information content (AvgIpc) is 2.45. The van der Waals surface area contributed by atoms with Crippen LogP contribution in [0.15, 0.2) is 55.0 Å². The van der Waals surface area contributed by atoms with Crippen LogP contribution < -0.4 is 0 Å². The van der Waals surface area contributed by atoms with Crippen LogP contribution >= 0.6 is 0 Å². The minimum Gasteiger partial charge on any atom is -0.383 e. The van der Waals surface area contributed by atoms with Gasteiger partial charge in [-0.05, 0) is 24.6 Å². The van der Waals surface area contributed by atoms with Crippen LogP contribution in [0.2, 0.25) is 0 Å². The Kier molecular flexibility index (Phi) is 4.31. The molecule has 0 N–H and O–H groups in total. The first-order valence-electron chi connectivity index (χ1n) is 6.48. The highest BCUT2D eigenvalue weighted by Gasteiger charge is 2.14. The zero-order valence-electron chi connectivity index (χ0n) is 12.0. The number of carbonyl (C=O) groups excluding carboxylic acids is 1. The molecule has 3 heteroatoms. The zero-order chi connectivity index (χ0) is 14.5. The second-order valence-electron chi connectivity index (χ2n) is 4.94. The number of Topliss-reactive ketones (excluding diaryl/α,β-unsaturated/α-hetero) is 1. The highest BCUT2D eigenvalue weighted by Crippen LogP contribution is 2.20. The Morgan fingerprint density at radius 1 is 1.00 bits per heavy atom. The van der Waals surface area contributed by atoms with Crippen LogP contribution in [0.25, 0.3) is 5.57 Å². The largest absolute Gasteiger partial charge is 0.383 e. The van der Waals surface area contributed by atoms with Gasteiger partial charge in [-0.1, -0.05) is 29.8 Å². The van der Waals surface area contributed by atoms with E-state index >= 15 is 0 Å². The molecule has 0 unspecified atom stereocenters. The van der Waals surface area contributed by atoms with Gasteiger partial charge in [0.2, 0.25) is 0 Å². The zero-order valence-corrected chi connectivity index (χ0v) is 12.0. The Morgan fingerprint density at radius 3 is 2.15 bits per heavy atom. The minimum absolute atomic E-state index is 0.0184. The van der Waals surface area contributed by atoms with Gasteiger partial charge in [0, 0.05) is 43.8 Å². The van der Waals surface area contributed by atoms with Crippen LogP contribution in [0, 0.1) is 6.92 Å². The summed E-state index contributed by atoms with van der Waals surface area (Å²) in [5.74, 6) is 0.0184. The van der Waals surface area contributed by atoms with E-state index in [0.29, 0.717) is 11.1 Å².